The van der Waals surface area contributed by atoms with E-state index in [0.29, 0.717) is 0 Å². The van der Waals surface area contributed by atoms with E-state index in [4.69, 9.17) is 0 Å². The first kappa shape index (κ1) is 4.65. The highest BCUT2D eigenvalue weighted by atomic mass is 79.9. The molecular formula is C3H3BrNS. The van der Waals surface area contributed by atoms with Crippen LogP contribution in [0.25, 0.3) is 0 Å². The Kier molecular flexibility index (Phi) is 1.54. The predicted molar refractivity (Wildman–Crippen MR) is 32.6 cm³/mol. The van der Waals surface area contributed by atoms with Gasteiger partial charge in [-0.15, -0.1) is 11.8 Å². The molecule has 0 aromatic carbocycles. The lowest BCUT2D eigenvalue weighted by molar-refractivity contribution is 1.36. The molecule has 1 unspecified atom stereocenters. The number of hydrogen-bond acceptors (Lipinski definition) is 2. The van der Waals surface area contributed by atoms with Crippen molar-refractivity contribution in [3.8, 4) is 0 Å². The van der Waals surface area contributed by atoms with Crippen LogP contribution >= 0.6 is 27.7 Å². The Morgan fingerprint density at radius 1 is 2.00 bits per heavy atom. The zero-order valence-corrected chi connectivity index (χ0v) is 5.42. The fraction of sp³-hybridized carbons (Fsp3) is 0.667. The Morgan fingerprint density at radius 3 is 3.00 bits per heavy atom. The first-order chi connectivity index (χ1) is 2.89. The fourth-order valence-corrected chi connectivity index (χ4v) is 1.23. The summed E-state index contributed by atoms with van der Waals surface area (Å²) in [6.45, 7) is 0. The van der Waals surface area contributed by atoms with Gasteiger partial charge in [-0.1, -0.05) is 15.9 Å². The maximum absolute atomic E-state index is 3.87. The molecule has 1 heterocycles. The number of thioether (sulfide) groups is 1. The number of aliphatic imine (C=N–C) groups is 1. The van der Waals surface area contributed by atoms with Crippen LogP contribution in [0.1, 0.15) is 0 Å². The number of nitrogens with zero attached hydrogens (tertiary/aromatic N) is 1. The van der Waals surface area contributed by atoms with Crippen LogP contribution in [0.2, 0.25) is 0 Å². The van der Waals surface area contributed by atoms with Gasteiger partial charge in [0.15, 0.2) is 4.28 Å². The Morgan fingerprint density at radius 2 is 2.83 bits per heavy atom. The normalized spacial score (nSPS) is 31.8. The molecule has 1 atom stereocenters. The Labute approximate surface area is 49.3 Å². The summed E-state index contributed by atoms with van der Waals surface area (Å²) in [6, 6.07) is 0. The zero-order valence-electron chi connectivity index (χ0n) is 3.02. The van der Waals surface area contributed by atoms with Crippen molar-refractivity contribution in [1.29, 1.82) is 0 Å². The van der Waals surface area contributed by atoms with E-state index in [0.717, 1.165) is 5.75 Å². The highest BCUT2D eigenvalue weighted by molar-refractivity contribution is 9.11. The van der Waals surface area contributed by atoms with Crippen molar-refractivity contribution in [2.75, 3.05) is 5.75 Å². The summed E-state index contributed by atoms with van der Waals surface area (Å²) in [6.07, 6.45) is 2.81. The summed E-state index contributed by atoms with van der Waals surface area (Å²) in [5, 5.41) is 0. The Bertz CT molecular complexity index is 73.2. The molecule has 33 valence electrons. The maximum Gasteiger partial charge on any atom is 0.151 e. The molecule has 6 heavy (non-hydrogen) atoms. The molecule has 0 saturated carbocycles. The zero-order chi connectivity index (χ0) is 4.41. The first-order valence-corrected chi connectivity index (χ1v) is 3.54. The van der Waals surface area contributed by atoms with Crippen LogP contribution in [0, 0.1) is 0 Å². The smallest absolute Gasteiger partial charge is 0.151 e. The van der Waals surface area contributed by atoms with Gasteiger partial charge in [-0.2, -0.15) is 0 Å². The molecule has 0 spiro atoms. The maximum atomic E-state index is 3.87. The van der Waals surface area contributed by atoms with E-state index in [1.807, 2.05) is 0 Å². The molecule has 0 bridgehead atoms. The summed E-state index contributed by atoms with van der Waals surface area (Å²) in [7, 11) is 0. The molecule has 0 amide bonds. The molecule has 0 N–H and O–H groups in total. The van der Waals surface area contributed by atoms with Gasteiger partial charge in [0.2, 0.25) is 0 Å². The standard InChI is InChI=1S/C3H3BrNS/c4-3-5-1-2-6-3/h3H,2H2. The molecule has 0 fully saturated rings. The minimum absolute atomic E-state index is 0.289. The van der Waals surface area contributed by atoms with E-state index in [9.17, 15) is 0 Å². The van der Waals surface area contributed by atoms with Crippen molar-refractivity contribution in [1.82, 2.24) is 0 Å². The number of hydrogen-bond donors (Lipinski definition) is 0. The van der Waals surface area contributed by atoms with Crippen LogP contribution in [0.5, 0.6) is 0 Å². The number of alkyl halides is 1. The van der Waals surface area contributed by atoms with E-state index in [-0.39, 0.29) is 4.28 Å². The highest BCUT2D eigenvalue weighted by Gasteiger charge is 2.03. The molecule has 1 rings (SSSR count). The predicted octanol–water partition coefficient (Wildman–Crippen LogP) is 1.36. The van der Waals surface area contributed by atoms with Crippen molar-refractivity contribution in [2.24, 2.45) is 4.99 Å². The Balaban J connectivity index is 2.38. The Hall–Kier alpha value is 0.500. The van der Waals surface area contributed by atoms with Gasteiger partial charge in [0.05, 0.1) is 6.21 Å². The summed E-state index contributed by atoms with van der Waals surface area (Å²) >= 11 is 5.01. The largest absolute Gasteiger partial charge is 0.261 e. The minimum Gasteiger partial charge on any atom is -0.261 e. The van der Waals surface area contributed by atoms with Crippen LogP contribution < -0.4 is 0 Å². The molecule has 3 heteroatoms. The molecule has 1 aliphatic rings. The van der Waals surface area contributed by atoms with Crippen molar-refractivity contribution in [3.05, 3.63) is 0 Å². The van der Waals surface area contributed by atoms with Gasteiger partial charge in [-0.25, -0.2) is 0 Å². The van der Waals surface area contributed by atoms with E-state index in [2.05, 4.69) is 27.1 Å². The molecular weight excluding hydrogens is 162 g/mol. The SMILES string of the molecule is BrC1N=[C]CS1. The van der Waals surface area contributed by atoms with Crippen LogP contribution in [-0.2, 0) is 0 Å². The monoisotopic (exact) mass is 164 g/mol. The molecule has 1 radical (unpaired) electrons. The van der Waals surface area contributed by atoms with Crippen molar-refractivity contribution >= 4 is 33.9 Å². The number of halogens is 1. The summed E-state index contributed by atoms with van der Waals surface area (Å²) in [4.78, 5) is 3.87. The van der Waals surface area contributed by atoms with Crippen molar-refractivity contribution in [2.45, 2.75) is 4.28 Å². The average molecular weight is 165 g/mol. The van der Waals surface area contributed by atoms with Gasteiger partial charge in [0.1, 0.15) is 0 Å². The molecule has 1 nitrogen and oxygen atoms in total. The third-order valence-electron chi connectivity index (χ3n) is 0.478. The summed E-state index contributed by atoms with van der Waals surface area (Å²) in [5.41, 5.74) is 0. The lowest BCUT2D eigenvalue weighted by atomic mass is 10.9. The topological polar surface area (TPSA) is 12.4 Å². The van der Waals surface area contributed by atoms with Gasteiger partial charge < -0.3 is 0 Å². The lowest BCUT2D eigenvalue weighted by Gasteiger charge is -1.86. The third-order valence-corrected chi connectivity index (χ3v) is 2.15. The first-order valence-electron chi connectivity index (χ1n) is 1.58. The molecule has 1 aliphatic heterocycles. The molecule has 0 saturated heterocycles. The van der Waals surface area contributed by atoms with Gasteiger partial charge in [0.25, 0.3) is 0 Å². The molecule has 0 aliphatic carbocycles. The van der Waals surface area contributed by atoms with Crippen LogP contribution in [-0.4, -0.2) is 16.3 Å². The highest BCUT2D eigenvalue weighted by Crippen LogP contribution is 2.21. The van der Waals surface area contributed by atoms with E-state index in [1.54, 1.807) is 11.8 Å². The van der Waals surface area contributed by atoms with E-state index < -0.39 is 0 Å². The van der Waals surface area contributed by atoms with Gasteiger partial charge in [-0.3, -0.25) is 4.99 Å². The van der Waals surface area contributed by atoms with Crippen molar-refractivity contribution in [3.63, 3.8) is 0 Å². The van der Waals surface area contributed by atoms with E-state index >= 15 is 0 Å². The fourth-order valence-electron chi connectivity index (χ4n) is 0.252. The van der Waals surface area contributed by atoms with Crippen LogP contribution in [0.3, 0.4) is 0 Å². The summed E-state index contributed by atoms with van der Waals surface area (Å²) < 4.78 is 0.289. The summed E-state index contributed by atoms with van der Waals surface area (Å²) in [5.74, 6) is 0.940. The third kappa shape index (κ3) is 0.980. The second-order valence-electron chi connectivity index (χ2n) is 0.890. The average Bonchev–Trinajstić information content (AvgIpc) is 1.86. The van der Waals surface area contributed by atoms with Gasteiger partial charge in [-0.05, 0) is 0 Å². The molecule has 0 aromatic rings. The van der Waals surface area contributed by atoms with Gasteiger partial charge in [0, 0.05) is 5.75 Å². The second-order valence-corrected chi connectivity index (χ2v) is 3.43. The van der Waals surface area contributed by atoms with Gasteiger partial charge >= 0.3 is 0 Å². The molecule has 0 aromatic heterocycles. The lowest BCUT2D eigenvalue weighted by Crippen LogP contribution is -1.71. The minimum atomic E-state index is 0.289. The van der Waals surface area contributed by atoms with Crippen LogP contribution in [0.15, 0.2) is 4.99 Å². The van der Waals surface area contributed by atoms with Crippen LogP contribution in [0.4, 0.5) is 0 Å². The van der Waals surface area contributed by atoms with E-state index in [1.165, 1.54) is 0 Å². The second kappa shape index (κ2) is 1.98. The van der Waals surface area contributed by atoms with Crippen molar-refractivity contribution < 1.29 is 0 Å². The number of rotatable bonds is 0. The quantitative estimate of drug-likeness (QED) is 0.390.